The molecular formula is C16H18N2O4. The van der Waals surface area contributed by atoms with Crippen LogP contribution in [0.25, 0.3) is 12.2 Å². The molecule has 0 aliphatic carbocycles. The molecule has 0 unspecified atom stereocenters. The zero-order valence-electron chi connectivity index (χ0n) is 13.0. The number of ether oxygens (including phenoxy) is 3. The van der Waals surface area contributed by atoms with Crippen LogP contribution in [0.4, 0.5) is 0 Å². The average Bonchev–Trinajstić information content (AvgIpc) is 2.52. The fourth-order valence-corrected chi connectivity index (χ4v) is 2.05. The standard InChI is InChI=1S/C16H18N2O4/c1-10-7-15(19)18-17-12(10)6-5-11-8-13(20-2)16(22-4)14(9-11)21-3/h5-9H,1-4H3,(H,18,19)/b6-5+. The van der Waals surface area contributed by atoms with Gasteiger partial charge in [0.1, 0.15) is 0 Å². The summed E-state index contributed by atoms with van der Waals surface area (Å²) in [4.78, 5) is 11.2. The molecule has 116 valence electrons. The molecule has 0 amide bonds. The maximum atomic E-state index is 11.2. The average molecular weight is 302 g/mol. The Balaban J connectivity index is 2.40. The molecule has 6 heteroatoms. The third-order valence-corrected chi connectivity index (χ3v) is 3.16. The van der Waals surface area contributed by atoms with Crippen molar-refractivity contribution in [3.05, 3.63) is 45.4 Å². The third kappa shape index (κ3) is 3.28. The molecule has 0 aliphatic rings. The number of aromatic amines is 1. The van der Waals surface area contributed by atoms with E-state index in [9.17, 15) is 4.79 Å². The maximum absolute atomic E-state index is 11.2. The van der Waals surface area contributed by atoms with Crippen molar-refractivity contribution in [2.45, 2.75) is 6.92 Å². The van der Waals surface area contributed by atoms with Crippen LogP contribution in [0.2, 0.25) is 0 Å². The van der Waals surface area contributed by atoms with Crippen LogP contribution in [0.1, 0.15) is 16.8 Å². The first-order chi connectivity index (χ1) is 10.6. The number of rotatable bonds is 5. The highest BCUT2D eigenvalue weighted by Gasteiger charge is 2.12. The lowest BCUT2D eigenvalue weighted by Gasteiger charge is -2.12. The fourth-order valence-electron chi connectivity index (χ4n) is 2.05. The van der Waals surface area contributed by atoms with Gasteiger partial charge in [-0.15, -0.1) is 0 Å². The summed E-state index contributed by atoms with van der Waals surface area (Å²) in [7, 11) is 4.69. The van der Waals surface area contributed by atoms with Crippen LogP contribution in [0.5, 0.6) is 17.2 Å². The number of nitrogens with zero attached hydrogens (tertiary/aromatic N) is 1. The van der Waals surface area contributed by atoms with Gasteiger partial charge in [0.25, 0.3) is 5.56 Å². The number of benzene rings is 1. The smallest absolute Gasteiger partial charge is 0.264 e. The van der Waals surface area contributed by atoms with Gasteiger partial charge in [0.15, 0.2) is 11.5 Å². The van der Waals surface area contributed by atoms with Crippen LogP contribution in [-0.4, -0.2) is 31.5 Å². The van der Waals surface area contributed by atoms with E-state index >= 15 is 0 Å². The zero-order valence-corrected chi connectivity index (χ0v) is 13.0. The minimum Gasteiger partial charge on any atom is -0.493 e. The van der Waals surface area contributed by atoms with Gasteiger partial charge in [-0.25, -0.2) is 5.10 Å². The lowest BCUT2D eigenvalue weighted by molar-refractivity contribution is 0.324. The van der Waals surface area contributed by atoms with E-state index in [-0.39, 0.29) is 5.56 Å². The first kappa shape index (κ1) is 15.6. The molecular weight excluding hydrogens is 284 g/mol. The second kappa shape index (κ2) is 6.80. The lowest BCUT2D eigenvalue weighted by atomic mass is 10.1. The number of hydrogen-bond acceptors (Lipinski definition) is 5. The minimum absolute atomic E-state index is 0.220. The van der Waals surface area contributed by atoms with Crippen molar-refractivity contribution in [3.63, 3.8) is 0 Å². The van der Waals surface area contributed by atoms with Crippen LogP contribution in [-0.2, 0) is 0 Å². The number of nitrogens with one attached hydrogen (secondary N) is 1. The van der Waals surface area contributed by atoms with Gasteiger partial charge >= 0.3 is 0 Å². The predicted molar refractivity (Wildman–Crippen MR) is 84.6 cm³/mol. The van der Waals surface area contributed by atoms with Crippen LogP contribution < -0.4 is 19.8 Å². The largest absolute Gasteiger partial charge is 0.493 e. The van der Waals surface area contributed by atoms with E-state index in [4.69, 9.17) is 14.2 Å². The van der Waals surface area contributed by atoms with E-state index in [1.165, 1.54) is 6.07 Å². The van der Waals surface area contributed by atoms with Crippen molar-refractivity contribution < 1.29 is 14.2 Å². The second-order valence-corrected chi connectivity index (χ2v) is 4.59. The Morgan fingerprint density at radius 2 is 1.64 bits per heavy atom. The van der Waals surface area contributed by atoms with E-state index in [1.54, 1.807) is 21.3 Å². The molecule has 22 heavy (non-hydrogen) atoms. The topological polar surface area (TPSA) is 73.4 Å². The van der Waals surface area contributed by atoms with Gasteiger partial charge in [-0.3, -0.25) is 4.79 Å². The number of aryl methyl sites for hydroxylation is 1. The Bertz CT molecular complexity index is 725. The quantitative estimate of drug-likeness (QED) is 0.917. The van der Waals surface area contributed by atoms with Crippen LogP contribution in [0, 0.1) is 6.92 Å². The van der Waals surface area contributed by atoms with E-state index in [0.29, 0.717) is 22.9 Å². The molecule has 6 nitrogen and oxygen atoms in total. The summed E-state index contributed by atoms with van der Waals surface area (Å²) in [5.74, 6) is 1.70. The molecule has 2 rings (SSSR count). The van der Waals surface area contributed by atoms with Crippen LogP contribution in [0.3, 0.4) is 0 Å². The summed E-state index contributed by atoms with van der Waals surface area (Å²) < 4.78 is 15.9. The number of hydrogen-bond donors (Lipinski definition) is 1. The van der Waals surface area contributed by atoms with Gasteiger partial charge in [-0.05, 0) is 36.3 Å². The SMILES string of the molecule is COc1cc(/C=C/c2n[nH]c(=O)cc2C)cc(OC)c1OC. The molecule has 1 N–H and O–H groups in total. The lowest BCUT2D eigenvalue weighted by Crippen LogP contribution is -2.08. The molecule has 0 saturated heterocycles. The molecule has 1 heterocycles. The van der Waals surface area contributed by atoms with Crippen LogP contribution in [0.15, 0.2) is 23.0 Å². The van der Waals surface area contributed by atoms with Crippen molar-refractivity contribution in [1.82, 2.24) is 10.2 Å². The number of H-pyrrole nitrogens is 1. The molecule has 0 bridgehead atoms. The summed E-state index contributed by atoms with van der Waals surface area (Å²) in [6, 6.07) is 5.17. The maximum Gasteiger partial charge on any atom is 0.264 e. The highest BCUT2D eigenvalue weighted by molar-refractivity contribution is 5.72. The minimum atomic E-state index is -0.220. The molecule has 0 aliphatic heterocycles. The van der Waals surface area contributed by atoms with Crippen molar-refractivity contribution in [1.29, 1.82) is 0 Å². The molecule has 0 saturated carbocycles. The molecule has 0 fully saturated rings. The van der Waals surface area contributed by atoms with Crippen molar-refractivity contribution in [2.75, 3.05) is 21.3 Å². The third-order valence-electron chi connectivity index (χ3n) is 3.16. The summed E-state index contributed by atoms with van der Waals surface area (Å²) in [6.07, 6.45) is 3.67. The van der Waals surface area contributed by atoms with Gasteiger partial charge in [-0.1, -0.05) is 6.08 Å². The Hall–Kier alpha value is -2.76. The number of methoxy groups -OCH3 is 3. The van der Waals surface area contributed by atoms with Crippen molar-refractivity contribution >= 4 is 12.2 Å². The summed E-state index contributed by atoms with van der Waals surface area (Å²) in [6.45, 7) is 1.83. The van der Waals surface area contributed by atoms with Crippen LogP contribution >= 0.6 is 0 Å². The van der Waals surface area contributed by atoms with E-state index in [2.05, 4.69) is 10.2 Å². The Morgan fingerprint density at radius 3 is 2.14 bits per heavy atom. The molecule has 1 aromatic heterocycles. The monoisotopic (exact) mass is 302 g/mol. The normalized spacial score (nSPS) is 10.7. The van der Waals surface area contributed by atoms with Gasteiger partial charge in [-0.2, -0.15) is 5.10 Å². The fraction of sp³-hybridized carbons (Fsp3) is 0.250. The molecule has 1 aromatic carbocycles. The molecule has 0 spiro atoms. The van der Waals surface area contributed by atoms with Gasteiger partial charge in [0.2, 0.25) is 5.75 Å². The van der Waals surface area contributed by atoms with E-state index in [0.717, 1.165) is 11.1 Å². The highest BCUT2D eigenvalue weighted by Crippen LogP contribution is 2.38. The molecule has 2 aromatic rings. The Labute approximate surface area is 128 Å². The Kier molecular flexibility index (Phi) is 4.83. The Morgan fingerprint density at radius 1 is 1.00 bits per heavy atom. The van der Waals surface area contributed by atoms with Gasteiger partial charge < -0.3 is 14.2 Å². The summed E-state index contributed by atoms with van der Waals surface area (Å²) in [5.41, 5.74) is 2.13. The molecule has 0 radical (unpaired) electrons. The summed E-state index contributed by atoms with van der Waals surface area (Å²) in [5, 5.41) is 6.41. The van der Waals surface area contributed by atoms with Crippen molar-refractivity contribution in [3.8, 4) is 17.2 Å². The predicted octanol–water partition coefficient (Wildman–Crippen LogP) is 2.27. The molecule has 0 atom stereocenters. The second-order valence-electron chi connectivity index (χ2n) is 4.59. The van der Waals surface area contributed by atoms with Gasteiger partial charge in [0.05, 0.1) is 27.0 Å². The number of aromatic nitrogens is 2. The highest BCUT2D eigenvalue weighted by atomic mass is 16.5. The van der Waals surface area contributed by atoms with Gasteiger partial charge in [0, 0.05) is 6.07 Å². The van der Waals surface area contributed by atoms with Crippen molar-refractivity contribution in [2.24, 2.45) is 0 Å². The van der Waals surface area contributed by atoms with E-state index in [1.807, 2.05) is 31.2 Å². The summed E-state index contributed by atoms with van der Waals surface area (Å²) >= 11 is 0. The zero-order chi connectivity index (χ0) is 16.1. The first-order valence-electron chi connectivity index (χ1n) is 6.63. The first-order valence-corrected chi connectivity index (χ1v) is 6.63. The van der Waals surface area contributed by atoms with E-state index < -0.39 is 0 Å².